The maximum absolute atomic E-state index is 10.6. The van der Waals surface area contributed by atoms with Gasteiger partial charge in [0.1, 0.15) is 0 Å². The van der Waals surface area contributed by atoms with E-state index in [1.165, 1.54) is 11.1 Å². The summed E-state index contributed by atoms with van der Waals surface area (Å²) >= 11 is 0. The second-order valence-electron chi connectivity index (χ2n) is 5.40. The predicted molar refractivity (Wildman–Crippen MR) is 83.5 cm³/mol. The van der Waals surface area contributed by atoms with Gasteiger partial charge in [0.25, 0.3) is 0 Å². The average molecular weight is 269 g/mol. The van der Waals surface area contributed by atoms with Crippen molar-refractivity contribution >= 4 is 0 Å². The molecule has 0 aliphatic carbocycles. The number of hydrogen-bond donors (Lipinski definition) is 2. The zero-order valence-corrected chi connectivity index (χ0v) is 11.8. The highest BCUT2D eigenvalue weighted by molar-refractivity contribution is 5.16. The highest BCUT2D eigenvalue weighted by Crippen LogP contribution is 2.20. The van der Waals surface area contributed by atoms with Gasteiger partial charge >= 0.3 is 0 Å². The third-order valence-electron chi connectivity index (χ3n) is 3.82. The van der Waals surface area contributed by atoms with Gasteiger partial charge in [-0.05, 0) is 36.8 Å². The number of aliphatic hydroxyl groups is 1. The highest BCUT2D eigenvalue weighted by atomic mass is 16.3. The molecule has 2 aromatic rings. The van der Waals surface area contributed by atoms with Crippen molar-refractivity contribution in [1.29, 1.82) is 0 Å². The molecule has 20 heavy (non-hydrogen) atoms. The molecular formula is C18H23NO. The van der Waals surface area contributed by atoms with E-state index in [0.717, 1.165) is 12.8 Å². The van der Waals surface area contributed by atoms with Crippen molar-refractivity contribution in [3.8, 4) is 0 Å². The summed E-state index contributed by atoms with van der Waals surface area (Å²) in [5.41, 5.74) is 7.51. The molecule has 2 nitrogen and oxygen atoms in total. The van der Waals surface area contributed by atoms with Gasteiger partial charge in [-0.1, -0.05) is 60.7 Å². The Bertz CT molecular complexity index is 452. The first-order chi connectivity index (χ1) is 9.72. The number of hydrogen-bond acceptors (Lipinski definition) is 2. The Morgan fingerprint density at radius 1 is 0.750 bits per heavy atom. The predicted octanol–water partition coefficient (Wildman–Crippen LogP) is 2.94. The Morgan fingerprint density at radius 3 is 1.50 bits per heavy atom. The number of benzene rings is 2. The average Bonchev–Trinajstić information content (AvgIpc) is 2.53. The SMILES string of the molecule is NCC(O)(CCc1ccccc1)CCc1ccccc1. The first-order valence-corrected chi connectivity index (χ1v) is 7.22. The third kappa shape index (κ3) is 4.48. The minimum atomic E-state index is -0.772. The lowest BCUT2D eigenvalue weighted by atomic mass is 9.89. The van der Waals surface area contributed by atoms with Crippen LogP contribution in [0.1, 0.15) is 24.0 Å². The molecule has 2 aromatic carbocycles. The van der Waals surface area contributed by atoms with E-state index in [2.05, 4.69) is 24.3 Å². The molecule has 0 unspecified atom stereocenters. The van der Waals surface area contributed by atoms with E-state index in [1.807, 2.05) is 36.4 Å². The Labute approximate surface area is 121 Å². The van der Waals surface area contributed by atoms with Gasteiger partial charge < -0.3 is 10.8 Å². The van der Waals surface area contributed by atoms with Crippen molar-refractivity contribution in [2.45, 2.75) is 31.3 Å². The van der Waals surface area contributed by atoms with Gasteiger partial charge in [0, 0.05) is 6.54 Å². The second kappa shape index (κ2) is 7.22. The summed E-state index contributed by atoms with van der Waals surface area (Å²) in [6.45, 7) is 0.312. The van der Waals surface area contributed by atoms with E-state index in [0.29, 0.717) is 19.4 Å². The Morgan fingerprint density at radius 2 is 1.15 bits per heavy atom. The molecule has 0 fully saturated rings. The fourth-order valence-electron chi connectivity index (χ4n) is 2.37. The van der Waals surface area contributed by atoms with Crippen LogP contribution < -0.4 is 5.73 Å². The largest absolute Gasteiger partial charge is 0.389 e. The molecule has 0 aromatic heterocycles. The van der Waals surface area contributed by atoms with Crippen LogP contribution in [0.15, 0.2) is 60.7 Å². The lowest BCUT2D eigenvalue weighted by Crippen LogP contribution is -2.38. The summed E-state index contributed by atoms with van der Waals surface area (Å²) in [4.78, 5) is 0. The molecule has 0 saturated carbocycles. The minimum Gasteiger partial charge on any atom is -0.389 e. The van der Waals surface area contributed by atoms with Crippen molar-refractivity contribution in [1.82, 2.24) is 0 Å². The van der Waals surface area contributed by atoms with Crippen molar-refractivity contribution in [2.24, 2.45) is 5.73 Å². The van der Waals surface area contributed by atoms with Crippen molar-refractivity contribution in [3.63, 3.8) is 0 Å². The molecule has 0 aliphatic rings. The van der Waals surface area contributed by atoms with Crippen LogP contribution in [-0.4, -0.2) is 17.3 Å². The van der Waals surface area contributed by atoms with Crippen LogP contribution in [0.25, 0.3) is 0 Å². The van der Waals surface area contributed by atoms with E-state index >= 15 is 0 Å². The topological polar surface area (TPSA) is 46.2 Å². The summed E-state index contributed by atoms with van der Waals surface area (Å²) in [7, 11) is 0. The van der Waals surface area contributed by atoms with Gasteiger partial charge in [-0.15, -0.1) is 0 Å². The van der Waals surface area contributed by atoms with Crippen LogP contribution in [0.5, 0.6) is 0 Å². The van der Waals surface area contributed by atoms with Crippen molar-refractivity contribution < 1.29 is 5.11 Å². The van der Waals surface area contributed by atoms with Crippen LogP contribution >= 0.6 is 0 Å². The Kier molecular flexibility index (Phi) is 5.33. The molecular weight excluding hydrogens is 246 g/mol. The minimum absolute atomic E-state index is 0.312. The molecule has 0 heterocycles. The molecule has 0 radical (unpaired) electrons. The molecule has 0 spiro atoms. The summed E-state index contributed by atoms with van der Waals surface area (Å²) < 4.78 is 0. The molecule has 2 rings (SSSR count). The van der Waals surface area contributed by atoms with Gasteiger partial charge in [0.15, 0.2) is 0 Å². The van der Waals surface area contributed by atoms with E-state index in [4.69, 9.17) is 5.73 Å². The quantitative estimate of drug-likeness (QED) is 0.812. The number of aryl methyl sites for hydroxylation is 2. The zero-order valence-electron chi connectivity index (χ0n) is 11.8. The smallest absolute Gasteiger partial charge is 0.0775 e. The number of rotatable bonds is 7. The summed E-state index contributed by atoms with van der Waals surface area (Å²) in [6, 6.07) is 20.5. The molecule has 0 bridgehead atoms. The molecule has 3 N–H and O–H groups in total. The monoisotopic (exact) mass is 269 g/mol. The molecule has 2 heteroatoms. The zero-order chi connectivity index (χ0) is 14.3. The van der Waals surface area contributed by atoms with Gasteiger partial charge in [-0.3, -0.25) is 0 Å². The van der Waals surface area contributed by atoms with Crippen molar-refractivity contribution in [2.75, 3.05) is 6.54 Å². The first kappa shape index (κ1) is 14.8. The van der Waals surface area contributed by atoms with Crippen LogP contribution in [0, 0.1) is 0 Å². The van der Waals surface area contributed by atoms with Crippen LogP contribution in [0.2, 0.25) is 0 Å². The normalized spacial score (nSPS) is 11.5. The second-order valence-corrected chi connectivity index (χ2v) is 5.40. The van der Waals surface area contributed by atoms with Gasteiger partial charge in [-0.25, -0.2) is 0 Å². The Balaban J connectivity index is 1.88. The fourth-order valence-corrected chi connectivity index (χ4v) is 2.37. The van der Waals surface area contributed by atoms with Crippen LogP contribution in [0.4, 0.5) is 0 Å². The van der Waals surface area contributed by atoms with E-state index in [1.54, 1.807) is 0 Å². The molecule has 0 atom stereocenters. The molecule has 0 saturated heterocycles. The standard InChI is InChI=1S/C18H23NO/c19-15-18(20,13-11-16-7-3-1-4-8-16)14-12-17-9-5-2-6-10-17/h1-10,20H,11-15,19H2. The van der Waals surface area contributed by atoms with Crippen molar-refractivity contribution in [3.05, 3.63) is 71.8 Å². The van der Waals surface area contributed by atoms with E-state index < -0.39 is 5.60 Å². The summed E-state index contributed by atoms with van der Waals surface area (Å²) in [6.07, 6.45) is 3.15. The van der Waals surface area contributed by atoms with Crippen LogP contribution in [-0.2, 0) is 12.8 Å². The van der Waals surface area contributed by atoms with E-state index in [9.17, 15) is 5.11 Å². The van der Waals surface area contributed by atoms with Gasteiger partial charge in [-0.2, -0.15) is 0 Å². The number of nitrogens with two attached hydrogens (primary N) is 1. The van der Waals surface area contributed by atoms with Gasteiger partial charge in [0.2, 0.25) is 0 Å². The maximum Gasteiger partial charge on any atom is 0.0775 e. The van der Waals surface area contributed by atoms with E-state index in [-0.39, 0.29) is 0 Å². The van der Waals surface area contributed by atoms with Crippen LogP contribution in [0.3, 0.4) is 0 Å². The van der Waals surface area contributed by atoms with Gasteiger partial charge in [0.05, 0.1) is 5.60 Å². The lowest BCUT2D eigenvalue weighted by Gasteiger charge is -2.26. The lowest BCUT2D eigenvalue weighted by molar-refractivity contribution is 0.0321. The summed E-state index contributed by atoms with van der Waals surface area (Å²) in [5, 5.41) is 10.6. The maximum atomic E-state index is 10.6. The molecule has 0 aliphatic heterocycles. The fraction of sp³-hybridized carbons (Fsp3) is 0.333. The molecule has 106 valence electrons. The molecule has 0 amide bonds. The Hall–Kier alpha value is -1.64. The first-order valence-electron chi connectivity index (χ1n) is 7.22. The highest BCUT2D eigenvalue weighted by Gasteiger charge is 2.24. The third-order valence-corrected chi connectivity index (χ3v) is 3.82. The summed E-state index contributed by atoms with van der Waals surface area (Å²) in [5.74, 6) is 0.